The van der Waals surface area contributed by atoms with Gasteiger partial charge in [-0.2, -0.15) is 0 Å². The van der Waals surface area contributed by atoms with Crippen LogP contribution in [-0.2, 0) is 0 Å². The number of nitrogens with one attached hydrogen (secondary N) is 2. The molecule has 0 amide bonds. The van der Waals surface area contributed by atoms with Crippen LogP contribution in [0.5, 0.6) is 0 Å². The second-order valence-corrected chi connectivity index (χ2v) is 2.30. The van der Waals surface area contributed by atoms with Gasteiger partial charge in [0.15, 0.2) is 0 Å². The number of hydrogen-bond donors (Lipinski definition) is 2. The second kappa shape index (κ2) is 2.27. The number of fused-ring (bicyclic) bond motifs is 1. The molecule has 3 heteroatoms. The highest BCUT2D eigenvalue weighted by Crippen LogP contribution is 2.21. The first kappa shape index (κ1) is 6.22. The lowest BCUT2D eigenvalue weighted by atomic mass is 10.1. The summed E-state index contributed by atoms with van der Waals surface area (Å²) in [5.74, 6) is -0.201. The summed E-state index contributed by atoms with van der Waals surface area (Å²) in [7, 11) is 0. The zero-order valence-corrected chi connectivity index (χ0v) is 5.76. The molecule has 2 N–H and O–H groups in total. The molecule has 0 saturated heterocycles. The molecule has 0 bridgehead atoms. The monoisotopic (exact) mass is 150 g/mol. The van der Waals surface area contributed by atoms with Crippen molar-refractivity contribution in [3.63, 3.8) is 0 Å². The quantitative estimate of drug-likeness (QED) is 0.588. The van der Waals surface area contributed by atoms with Gasteiger partial charge in [0.2, 0.25) is 0 Å². The third-order valence-corrected chi connectivity index (χ3v) is 1.59. The Labute approximate surface area is 63.7 Å². The molecule has 0 fully saturated rings. The summed E-state index contributed by atoms with van der Waals surface area (Å²) in [4.78, 5) is 0. The van der Waals surface area contributed by atoms with Crippen LogP contribution in [0, 0.1) is 5.82 Å². The minimum Gasteiger partial charge on any atom is -0.308 e. The zero-order valence-electron chi connectivity index (χ0n) is 5.76. The number of anilines is 1. The lowest BCUT2D eigenvalue weighted by Crippen LogP contribution is -2.18. The number of hydrazine groups is 1. The Morgan fingerprint density at radius 1 is 1.27 bits per heavy atom. The van der Waals surface area contributed by atoms with E-state index in [0.717, 1.165) is 5.69 Å². The molecule has 0 spiro atoms. The third-order valence-electron chi connectivity index (χ3n) is 1.59. The van der Waals surface area contributed by atoms with Crippen molar-refractivity contribution in [1.82, 2.24) is 5.43 Å². The van der Waals surface area contributed by atoms with Crippen molar-refractivity contribution in [3.05, 3.63) is 35.8 Å². The van der Waals surface area contributed by atoms with E-state index in [-0.39, 0.29) is 5.82 Å². The molecule has 1 aromatic rings. The Morgan fingerprint density at radius 3 is 3.00 bits per heavy atom. The van der Waals surface area contributed by atoms with E-state index in [1.54, 1.807) is 18.3 Å². The molecule has 2 nitrogen and oxygen atoms in total. The molecular formula is C8H7FN2. The molecule has 2 rings (SSSR count). The second-order valence-electron chi connectivity index (χ2n) is 2.30. The molecule has 1 aromatic carbocycles. The van der Waals surface area contributed by atoms with E-state index in [1.165, 1.54) is 6.07 Å². The number of halogens is 1. The summed E-state index contributed by atoms with van der Waals surface area (Å²) in [6.45, 7) is 0. The first-order chi connectivity index (χ1) is 5.38. The normalized spacial score (nSPS) is 13.2. The van der Waals surface area contributed by atoms with Crippen LogP contribution in [-0.4, -0.2) is 0 Å². The van der Waals surface area contributed by atoms with Crippen LogP contribution in [0.25, 0.3) is 6.08 Å². The summed E-state index contributed by atoms with van der Waals surface area (Å²) < 4.78 is 13.0. The molecule has 0 atom stereocenters. The van der Waals surface area contributed by atoms with Gasteiger partial charge >= 0.3 is 0 Å². The zero-order chi connectivity index (χ0) is 7.68. The summed E-state index contributed by atoms with van der Waals surface area (Å²) >= 11 is 0. The van der Waals surface area contributed by atoms with E-state index < -0.39 is 0 Å². The maximum absolute atomic E-state index is 13.0. The molecule has 11 heavy (non-hydrogen) atoms. The third kappa shape index (κ3) is 0.941. The molecule has 0 radical (unpaired) electrons. The smallest absolute Gasteiger partial charge is 0.132 e. The predicted octanol–water partition coefficient (Wildman–Crippen LogP) is 1.73. The molecule has 0 aliphatic carbocycles. The fraction of sp³-hybridized carbons (Fsp3) is 0. The van der Waals surface area contributed by atoms with Crippen molar-refractivity contribution >= 4 is 11.8 Å². The molecule has 1 heterocycles. The summed E-state index contributed by atoms with van der Waals surface area (Å²) in [6.07, 6.45) is 3.35. The van der Waals surface area contributed by atoms with E-state index in [2.05, 4.69) is 10.9 Å². The van der Waals surface area contributed by atoms with Gasteiger partial charge in [-0.05, 0) is 18.2 Å². The molecule has 1 aliphatic rings. The highest BCUT2D eigenvalue weighted by Gasteiger charge is 2.06. The van der Waals surface area contributed by atoms with Crippen molar-refractivity contribution < 1.29 is 4.39 Å². The minimum atomic E-state index is -0.201. The van der Waals surface area contributed by atoms with Gasteiger partial charge in [0.1, 0.15) is 5.82 Å². The lowest BCUT2D eigenvalue weighted by Gasteiger charge is -2.13. The number of hydrogen-bond acceptors (Lipinski definition) is 2. The Balaban J connectivity index is 2.60. The number of rotatable bonds is 0. The maximum atomic E-state index is 13.0. The van der Waals surface area contributed by atoms with Crippen molar-refractivity contribution in [2.75, 3.05) is 5.43 Å². The molecular weight excluding hydrogens is 143 g/mol. The maximum Gasteiger partial charge on any atom is 0.132 e. The van der Waals surface area contributed by atoms with E-state index >= 15 is 0 Å². The van der Waals surface area contributed by atoms with Crippen molar-refractivity contribution in [2.45, 2.75) is 0 Å². The highest BCUT2D eigenvalue weighted by atomic mass is 19.1. The topological polar surface area (TPSA) is 24.1 Å². The van der Waals surface area contributed by atoms with Gasteiger partial charge in [0, 0.05) is 11.8 Å². The molecule has 0 saturated carbocycles. The van der Waals surface area contributed by atoms with Crippen LogP contribution in [0.4, 0.5) is 10.1 Å². The Hall–Kier alpha value is -1.51. The average molecular weight is 150 g/mol. The Morgan fingerprint density at radius 2 is 2.18 bits per heavy atom. The van der Waals surface area contributed by atoms with Gasteiger partial charge in [0.05, 0.1) is 5.69 Å². The van der Waals surface area contributed by atoms with Crippen LogP contribution in [0.1, 0.15) is 5.56 Å². The van der Waals surface area contributed by atoms with Gasteiger partial charge in [-0.15, -0.1) is 0 Å². The lowest BCUT2D eigenvalue weighted by molar-refractivity contribution is 0.624. The standard InChI is InChI=1S/C8H7FN2/c9-7-2-1-3-8-6(7)4-5-10-11-8/h1-5,10-11H. The predicted molar refractivity (Wildman–Crippen MR) is 42.2 cm³/mol. The molecule has 1 aliphatic heterocycles. The molecule has 0 unspecified atom stereocenters. The molecule has 56 valence electrons. The van der Waals surface area contributed by atoms with Gasteiger partial charge in [-0.25, -0.2) is 4.39 Å². The Kier molecular flexibility index (Phi) is 1.28. The minimum absolute atomic E-state index is 0.201. The van der Waals surface area contributed by atoms with Gasteiger partial charge in [0.25, 0.3) is 0 Å². The van der Waals surface area contributed by atoms with Gasteiger partial charge < -0.3 is 10.9 Å². The van der Waals surface area contributed by atoms with Crippen molar-refractivity contribution in [1.29, 1.82) is 0 Å². The largest absolute Gasteiger partial charge is 0.308 e. The first-order valence-corrected chi connectivity index (χ1v) is 3.34. The first-order valence-electron chi connectivity index (χ1n) is 3.34. The number of benzene rings is 1. The van der Waals surface area contributed by atoms with E-state index in [0.29, 0.717) is 5.56 Å². The van der Waals surface area contributed by atoms with Crippen molar-refractivity contribution in [3.8, 4) is 0 Å². The van der Waals surface area contributed by atoms with Crippen LogP contribution in [0.3, 0.4) is 0 Å². The van der Waals surface area contributed by atoms with Gasteiger partial charge in [-0.1, -0.05) is 6.07 Å². The SMILES string of the molecule is Fc1cccc2c1C=CNN2. The van der Waals surface area contributed by atoms with Crippen LogP contribution in [0.2, 0.25) is 0 Å². The summed E-state index contributed by atoms with van der Waals surface area (Å²) in [6, 6.07) is 4.92. The van der Waals surface area contributed by atoms with Crippen LogP contribution in [0.15, 0.2) is 24.4 Å². The van der Waals surface area contributed by atoms with E-state index in [1.807, 2.05) is 6.07 Å². The van der Waals surface area contributed by atoms with Crippen molar-refractivity contribution in [2.24, 2.45) is 0 Å². The van der Waals surface area contributed by atoms with E-state index in [9.17, 15) is 4.39 Å². The molecule has 0 aromatic heterocycles. The fourth-order valence-corrected chi connectivity index (χ4v) is 1.06. The fourth-order valence-electron chi connectivity index (χ4n) is 1.06. The van der Waals surface area contributed by atoms with Crippen LogP contribution >= 0.6 is 0 Å². The highest BCUT2D eigenvalue weighted by molar-refractivity contribution is 5.68. The Bertz CT molecular complexity index is 307. The van der Waals surface area contributed by atoms with E-state index in [4.69, 9.17) is 0 Å². The average Bonchev–Trinajstić information content (AvgIpc) is 2.06. The summed E-state index contributed by atoms with van der Waals surface area (Å²) in [5, 5.41) is 0. The van der Waals surface area contributed by atoms with Gasteiger partial charge in [-0.3, -0.25) is 0 Å². The summed E-state index contributed by atoms with van der Waals surface area (Å²) in [5.41, 5.74) is 6.97. The van der Waals surface area contributed by atoms with Crippen LogP contribution < -0.4 is 10.9 Å².